The summed E-state index contributed by atoms with van der Waals surface area (Å²) in [7, 11) is 3.86. The number of hydrogen-bond acceptors (Lipinski definition) is 4. The number of aryl methyl sites for hydroxylation is 6. The van der Waals surface area contributed by atoms with Crippen LogP contribution in [0.3, 0.4) is 0 Å². The molecule has 0 radical (unpaired) electrons. The van der Waals surface area contributed by atoms with Gasteiger partial charge < -0.3 is 13.9 Å². The Labute approximate surface area is 296 Å². The number of aromatic nitrogens is 4. The van der Waals surface area contributed by atoms with Crippen LogP contribution in [-0.2, 0) is 20.5 Å². The Morgan fingerprint density at radius 1 is 1.00 bits per heavy atom. The maximum Gasteiger partial charge on any atom is 0.276 e. The SMILES string of the molecule is Cc1cc(OCCCc2c3n(c4c(-c5c(C)nn(C)c5C)c(Cl)ccc24)[C@H](C)CN(c2cc4cccc(C#N)c4n2C)C3=O)cc(C)c1Cl. The molecule has 1 amide bonds. The third-order valence-corrected chi connectivity index (χ3v) is 10.9. The summed E-state index contributed by atoms with van der Waals surface area (Å²) in [6, 6.07) is 17.8. The summed E-state index contributed by atoms with van der Waals surface area (Å²) in [6.45, 7) is 11.1. The van der Waals surface area contributed by atoms with E-state index >= 15 is 0 Å². The molecule has 0 aliphatic carbocycles. The molecule has 3 aromatic carbocycles. The first-order chi connectivity index (χ1) is 23.4. The van der Waals surface area contributed by atoms with Gasteiger partial charge in [-0.2, -0.15) is 10.4 Å². The van der Waals surface area contributed by atoms with Crippen molar-refractivity contribution in [1.29, 1.82) is 5.26 Å². The fourth-order valence-electron chi connectivity index (χ4n) is 7.68. The summed E-state index contributed by atoms with van der Waals surface area (Å²) >= 11 is 13.5. The van der Waals surface area contributed by atoms with Crippen molar-refractivity contribution in [2.45, 2.75) is 53.5 Å². The number of nitrogens with zero attached hydrogens (tertiary/aromatic N) is 6. The standard InChI is InChI=1S/C39H38Cl2N6O2/c1-21-16-28(17-22(2)35(21)41)49-15-9-12-29-30-13-14-31(40)34(33-24(4)43-45(7)25(33)5)37(30)47-23(3)20-46(39(48)38(29)47)32-18-26-10-8-11-27(19-42)36(26)44(32)6/h8,10-11,13-14,16-18,23H,9,12,15,20H2,1-7H3/t23-/m1/s1. The van der Waals surface area contributed by atoms with Crippen LogP contribution in [0.25, 0.3) is 32.9 Å². The lowest BCUT2D eigenvalue weighted by Gasteiger charge is -2.34. The van der Waals surface area contributed by atoms with Gasteiger partial charge in [0.1, 0.15) is 23.3 Å². The first kappa shape index (κ1) is 32.8. The van der Waals surface area contributed by atoms with Crippen molar-refractivity contribution in [3.63, 3.8) is 0 Å². The lowest BCUT2D eigenvalue weighted by molar-refractivity contribution is 0.0956. The average molecular weight is 694 g/mol. The molecule has 0 unspecified atom stereocenters. The number of carbonyl (C=O) groups excluding carboxylic acids is 1. The van der Waals surface area contributed by atoms with Gasteiger partial charge in [-0.25, -0.2) is 0 Å². The summed E-state index contributed by atoms with van der Waals surface area (Å²) in [4.78, 5) is 16.8. The molecular weight excluding hydrogens is 655 g/mol. The number of benzene rings is 3. The van der Waals surface area contributed by atoms with Crippen molar-refractivity contribution in [3.8, 4) is 22.9 Å². The molecule has 4 heterocycles. The molecule has 0 bridgehead atoms. The topological polar surface area (TPSA) is 81.0 Å². The predicted octanol–water partition coefficient (Wildman–Crippen LogP) is 9.18. The first-order valence-corrected chi connectivity index (χ1v) is 17.2. The third-order valence-electron chi connectivity index (χ3n) is 9.99. The van der Waals surface area contributed by atoms with E-state index in [2.05, 4.69) is 30.6 Å². The molecule has 3 aromatic heterocycles. The van der Waals surface area contributed by atoms with Crippen molar-refractivity contribution in [3.05, 3.63) is 97.9 Å². The van der Waals surface area contributed by atoms with Crippen molar-refractivity contribution >= 4 is 56.7 Å². The minimum atomic E-state index is -0.0831. The summed E-state index contributed by atoms with van der Waals surface area (Å²) < 4.78 is 12.3. The van der Waals surface area contributed by atoms with Crippen LogP contribution in [0, 0.1) is 39.0 Å². The second kappa shape index (κ2) is 12.3. The highest BCUT2D eigenvalue weighted by atomic mass is 35.5. The van der Waals surface area contributed by atoms with E-state index in [0.717, 1.165) is 77.6 Å². The highest BCUT2D eigenvalue weighted by Gasteiger charge is 2.37. The second-order valence-corrected chi connectivity index (χ2v) is 14.0. The number of carbonyl (C=O) groups is 1. The van der Waals surface area contributed by atoms with E-state index in [1.165, 1.54) is 0 Å². The van der Waals surface area contributed by atoms with Gasteiger partial charge in [-0.05, 0) is 94.5 Å². The van der Waals surface area contributed by atoms with Crippen LogP contribution in [0.2, 0.25) is 10.0 Å². The average Bonchev–Trinajstić information content (AvgIpc) is 3.68. The summed E-state index contributed by atoms with van der Waals surface area (Å²) in [6.07, 6.45) is 1.31. The van der Waals surface area contributed by atoms with Crippen molar-refractivity contribution in [2.75, 3.05) is 18.1 Å². The van der Waals surface area contributed by atoms with Gasteiger partial charge in [0.25, 0.3) is 5.91 Å². The van der Waals surface area contributed by atoms with Gasteiger partial charge in [0.2, 0.25) is 0 Å². The minimum absolute atomic E-state index is 0.0804. The zero-order valence-corrected chi connectivity index (χ0v) is 30.3. The van der Waals surface area contributed by atoms with E-state index < -0.39 is 0 Å². The molecule has 1 aliphatic rings. The lowest BCUT2D eigenvalue weighted by atomic mass is 9.98. The Morgan fingerprint density at radius 3 is 2.41 bits per heavy atom. The Balaban J connectivity index is 1.37. The highest BCUT2D eigenvalue weighted by Crippen LogP contribution is 2.45. The molecule has 0 fully saturated rings. The van der Waals surface area contributed by atoms with Gasteiger partial charge in [0.05, 0.1) is 33.9 Å². The number of amides is 1. The predicted molar refractivity (Wildman–Crippen MR) is 197 cm³/mol. The van der Waals surface area contributed by atoms with Crippen LogP contribution >= 0.6 is 23.2 Å². The van der Waals surface area contributed by atoms with E-state index in [0.29, 0.717) is 42.3 Å². The van der Waals surface area contributed by atoms with Crippen molar-refractivity contribution < 1.29 is 9.53 Å². The van der Waals surface area contributed by atoms with Gasteiger partial charge in [-0.1, -0.05) is 41.4 Å². The molecule has 1 aliphatic heterocycles. The van der Waals surface area contributed by atoms with Crippen molar-refractivity contribution in [1.82, 2.24) is 18.9 Å². The molecular formula is C39H38Cl2N6O2. The number of nitriles is 1. The van der Waals surface area contributed by atoms with Crippen LogP contribution in [0.15, 0.2) is 48.5 Å². The number of halogens is 2. The molecule has 1 atom stereocenters. The zero-order chi connectivity index (χ0) is 34.9. The number of rotatable bonds is 7. The Bertz CT molecular complexity index is 2350. The highest BCUT2D eigenvalue weighted by molar-refractivity contribution is 6.35. The molecule has 250 valence electrons. The van der Waals surface area contributed by atoms with Crippen LogP contribution in [-0.4, -0.2) is 38.0 Å². The van der Waals surface area contributed by atoms with E-state index in [9.17, 15) is 10.1 Å². The fourth-order valence-corrected chi connectivity index (χ4v) is 8.03. The van der Waals surface area contributed by atoms with E-state index in [4.69, 9.17) is 33.0 Å². The molecule has 8 nitrogen and oxygen atoms in total. The summed E-state index contributed by atoms with van der Waals surface area (Å²) in [5.74, 6) is 1.45. The van der Waals surface area contributed by atoms with Crippen LogP contribution in [0.4, 0.5) is 5.82 Å². The Morgan fingerprint density at radius 2 is 1.73 bits per heavy atom. The quantitative estimate of drug-likeness (QED) is 0.156. The third kappa shape index (κ3) is 5.19. The number of fused-ring (bicyclic) bond motifs is 4. The second-order valence-electron chi connectivity index (χ2n) is 13.2. The largest absolute Gasteiger partial charge is 0.494 e. The molecule has 49 heavy (non-hydrogen) atoms. The maximum absolute atomic E-state index is 14.9. The van der Waals surface area contributed by atoms with Gasteiger partial charge in [0.15, 0.2) is 0 Å². The first-order valence-electron chi connectivity index (χ1n) is 16.5. The number of anilines is 1. The van der Waals surface area contributed by atoms with Crippen LogP contribution < -0.4 is 9.64 Å². The molecule has 0 N–H and O–H groups in total. The fraction of sp³-hybridized carbons (Fsp3) is 0.308. The molecule has 10 heteroatoms. The summed E-state index contributed by atoms with van der Waals surface area (Å²) in [5, 5.41) is 17.8. The summed E-state index contributed by atoms with van der Waals surface area (Å²) in [5.41, 5.74) is 9.69. The molecule has 0 saturated carbocycles. The molecule has 0 saturated heterocycles. The zero-order valence-electron chi connectivity index (χ0n) is 28.8. The van der Waals surface area contributed by atoms with Crippen molar-refractivity contribution in [2.24, 2.45) is 14.1 Å². The van der Waals surface area contributed by atoms with E-state index in [-0.39, 0.29) is 11.9 Å². The van der Waals surface area contributed by atoms with Crippen LogP contribution in [0.1, 0.15) is 63.5 Å². The number of hydrogen-bond donors (Lipinski definition) is 0. The Kier molecular flexibility index (Phi) is 8.25. The number of ether oxygens (including phenoxy) is 1. The molecule has 6 aromatic rings. The van der Waals surface area contributed by atoms with Crippen LogP contribution in [0.5, 0.6) is 5.75 Å². The smallest absolute Gasteiger partial charge is 0.276 e. The Hall–Kier alpha value is -4.71. The van der Waals surface area contributed by atoms with Gasteiger partial charge in [0, 0.05) is 59.3 Å². The minimum Gasteiger partial charge on any atom is -0.494 e. The van der Waals surface area contributed by atoms with E-state index in [1.54, 1.807) is 0 Å². The monoisotopic (exact) mass is 692 g/mol. The number of para-hydroxylation sites is 1. The maximum atomic E-state index is 14.9. The van der Waals surface area contributed by atoms with Gasteiger partial charge >= 0.3 is 0 Å². The van der Waals surface area contributed by atoms with E-state index in [1.807, 2.05) is 91.5 Å². The lowest BCUT2D eigenvalue weighted by Crippen LogP contribution is -2.43. The normalized spacial score (nSPS) is 14.6. The van der Waals surface area contributed by atoms with Gasteiger partial charge in [-0.3, -0.25) is 14.4 Å². The molecule has 7 rings (SSSR count). The van der Waals surface area contributed by atoms with Gasteiger partial charge in [-0.15, -0.1) is 0 Å². The molecule has 0 spiro atoms.